The van der Waals surface area contributed by atoms with Gasteiger partial charge in [0, 0.05) is 11.7 Å². The molecule has 0 radical (unpaired) electrons. The standard InChI is InChI=1S/C15H27N/c1-12-9-14(11-15(2,3)10-12)16-13-7-5-4-6-8-13/h9,12-13,16H,4-8,10-11H2,1-3H3. The Bertz CT molecular complexity index is 259. The lowest BCUT2D eigenvalue weighted by Crippen LogP contribution is -2.34. The summed E-state index contributed by atoms with van der Waals surface area (Å²) >= 11 is 0. The van der Waals surface area contributed by atoms with Gasteiger partial charge < -0.3 is 5.32 Å². The van der Waals surface area contributed by atoms with E-state index < -0.39 is 0 Å². The summed E-state index contributed by atoms with van der Waals surface area (Å²) in [5, 5.41) is 3.80. The van der Waals surface area contributed by atoms with Gasteiger partial charge in [-0.15, -0.1) is 0 Å². The predicted octanol–water partition coefficient (Wildman–Crippen LogP) is 4.25. The number of rotatable bonds is 2. The molecule has 0 saturated heterocycles. The molecule has 2 aliphatic rings. The SMILES string of the molecule is CC1C=C(NC2CCCCC2)CC(C)(C)C1. The van der Waals surface area contributed by atoms with Gasteiger partial charge in [-0.05, 0) is 37.0 Å². The summed E-state index contributed by atoms with van der Waals surface area (Å²) in [6.07, 6.45) is 12.1. The van der Waals surface area contributed by atoms with Crippen LogP contribution in [-0.2, 0) is 0 Å². The molecular weight excluding hydrogens is 194 g/mol. The van der Waals surface area contributed by atoms with Crippen LogP contribution in [0.25, 0.3) is 0 Å². The molecule has 92 valence electrons. The van der Waals surface area contributed by atoms with Gasteiger partial charge in [-0.3, -0.25) is 0 Å². The Morgan fingerprint density at radius 2 is 1.88 bits per heavy atom. The van der Waals surface area contributed by atoms with Crippen molar-refractivity contribution in [2.45, 2.75) is 71.8 Å². The summed E-state index contributed by atoms with van der Waals surface area (Å²) in [7, 11) is 0. The minimum atomic E-state index is 0.491. The fourth-order valence-corrected chi connectivity index (χ4v) is 3.53. The lowest BCUT2D eigenvalue weighted by atomic mass is 9.75. The van der Waals surface area contributed by atoms with Crippen molar-refractivity contribution in [1.82, 2.24) is 5.32 Å². The van der Waals surface area contributed by atoms with Gasteiger partial charge in [-0.1, -0.05) is 46.1 Å². The van der Waals surface area contributed by atoms with E-state index in [1.165, 1.54) is 50.6 Å². The normalized spacial score (nSPS) is 30.9. The van der Waals surface area contributed by atoms with Crippen LogP contribution in [0.2, 0.25) is 0 Å². The van der Waals surface area contributed by atoms with E-state index in [9.17, 15) is 0 Å². The van der Waals surface area contributed by atoms with E-state index in [1.807, 2.05) is 0 Å². The molecule has 0 aliphatic heterocycles. The van der Waals surface area contributed by atoms with Gasteiger partial charge in [-0.2, -0.15) is 0 Å². The molecule has 2 rings (SSSR count). The highest BCUT2D eigenvalue weighted by Gasteiger charge is 2.27. The average Bonchev–Trinajstić information content (AvgIpc) is 2.15. The van der Waals surface area contributed by atoms with Crippen LogP contribution in [-0.4, -0.2) is 6.04 Å². The van der Waals surface area contributed by atoms with Crippen LogP contribution in [0, 0.1) is 11.3 Å². The van der Waals surface area contributed by atoms with Gasteiger partial charge in [0.25, 0.3) is 0 Å². The summed E-state index contributed by atoms with van der Waals surface area (Å²) < 4.78 is 0. The summed E-state index contributed by atoms with van der Waals surface area (Å²) in [6.45, 7) is 7.15. The van der Waals surface area contributed by atoms with Crippen LogP contribution in [0.5, 0.6) is 0 Å². The molecule has 0 aromatic carbocycles. The molecule has 0 aromatic heterocycles. The van der Waals surface area contributed by atoms with Gasteiger partial charge in [0.2, 0.25) is 0 Å². The topological polar surface area (TPSA) is 12.0 Å². The fraction of sp³-hybridized carbons (Fsp3) is 0.867. The largest absolute Gasteiger partial charge is 0.386 e. The van der Waals surface area contributed by atoms with Gasteiger partial charge >= 0.3 is 0 Å². The maximum absolute atomic E-state index is 3.80. The molecule has 0 aromatic rings. The van der Waals surface area contributed by atoms with Gasteiger partial charge in [0.05, 0.1) is 0 Å². The first kappa shape index (κ1) is 12.0. The van der Waals surface area contributed by atoms with Crippen LogP contribution < -0.4 is 5.32 Å². The number of hydrogen-bond acceptors (Lipinski definition) is 1. The Hall–Kier alpha value is -0.460. The molecule has 0 bridgehead atoms. The Morgan fingerprint density at radius 3 is 2.50 bits per heavy atom. The lowest BCUT2D eigenvalue weighted by Gasteiger charge is -2.36. The first-order chi connectivity index (χ1) is 7.55. The minimum Gasteiger partial charge on any atom is -0.386 e. The van der Waals surface area contributed by atoms with Crippen molar-refractivity contribution in [1.29, 1.82) is 0 Å². The molecule has 1 heteroatoms. The zero-order chi connectivity index (χ0) is 11.6. The lowest BCUT2D eigenvalue weighted by molar-refractivity contribution is 0.263. The third-order valence-corrected chi connectivity index (χ3v) is 4.02. The number of allylic oxidation sites excluding steroid dienone is 2. The number of hydrogen-bond donors (Lipinski definition) is 1. The van der Waals surface area contributed by atoms with Gasteiger partial charge in [0.15, 0.2) is 0 Å². The van der Waals surface area contributed by atoms with Crippen molar-refractivity contribution in [2.75, 3.05) is 0 Å². The molecule has 1 unspecified atom stereocenters. The Balaban J connectivity index is 1.93. The van der Waals surface area contributed by atoms with Crippen LogP contribution in [0.3, 0.4) is 0 Å². The van der Waals surface area contributed by atoms with E-state index >= 15 is 0 Å². The molecule has 0 amide bonds. The third-order valence-electron chi connectivity index (χ3n) is 4.02. The zero-order valence-corrected chi connectivity index (χ0v) is 11.2. The molecule has 0 heterocycles. The second-order valence-electron chi connectivity index (χ2n) is 6.69. The molecular formula is C15H27N. The highest BCUT2D eigenvalue weighted by Crippen LogP contribution is 2.37. The summed E-state index contributed by atoms with van der Waals surface area (Å²) in [5.41, 5.74) is 2.01. The highest BCUT2D eigenvalue weighted by molar-refractivity contribution is 5.10. The van der Waals surface area contributed by atoms with Gasteiger partial charge in [-0.25, -0.2) is 0 Å². The highest BCUT2D eigenvalue weighted by atomic mass is 14.9. The van der Waals surface area contributed by atoms with Crippen molar-refractivity contribution < 1.29 is 0 Å². The third kappa shape index (κ3) is 3.26. The second-order valence-corrected chi connectivity index (χ2v) is 6.69. The Kier molecular flexibility index (Phi) is 3.61. The van der Waals surface area contributed by atoms with E-state index in [0.29, 0.717) is 5.41 Å². The molecule has 1 atom stereocenters. The van der Waals surface area contributed by atoms with E-state index in [0.717, 1.165) is 12.0 Å². The monoisotopic (exact) mass is 221 g/mol. The average molecular weight is 221 g/mol. The first-order valence-electron chi connectivity index (χ1n) is 7.02. The van der Waals surface area contributed by atoms with Crippen molar-refractivity contribution in [3.05, 3.63) is 11.8 Å². The molecule has 2 aliphatic carbocycles. The molecule has 1 nitrogen and oxygen atoms in total. The first-order valence-corrected chi connectivity index (χ1v) is 7.02. The Morgan fingerprint density at radius 1 is 1.19 bits per heavy atom. The van der Waals surface area contributed by atoms with E-state index in [-0.39, 0.29) is 0 Å². The number of nitrogens with one attached hydrogen (secondary N) is 1. The fourth-order valence-electron chi connectivity index (χ4n) is 3.53. The van der Waals surface area contributed by atoms with E-state index in [1.54, 1.807) is 0 Å². The van der Waals surface area contributed by atoms with Crippen LogP contribution >= 0.6 is 0 Å². The minimum absolute atomic E-state index is 0.491. The van der Waals surface area contributed by atoms with E-state index in [2.05, 4.69) is 32.2 Å². The molecule has 0 spiro atoms. The summed E-state index contributed by atoms with van der Waals surface area (Å²) in [5.74, 6) is 0.745. The zero-order valence-electron chi connectivity index (χ0n) is 11.2. The maximum atomic E-state index is 3.80. The van der Waals surface area contributed by atoms with Crippen molar-refractivity contribution in [3.8, 4) is 0 Å². The summed E-state index contributed by atoms with van der Waals surface area (Å²) in [4.78, 5) is 0. The van der Waals surface area contributed by atoms with Crippen molar-refractivity contribution in [3.63, 3.8) is 0 Å². The second kappa shape index (κ2) is 4.81. The van der Waals surface area contributed by atoms with Gasteiger partial charge in [0.1, 0.15) is 0 Å². The molecule has 16 heavy (non-hydrogen) atoms. The van der Waals surface area contributed by atoms with Crippen molar-refractivity contribution in [2.24, 2.45) is 11.3 Å². The quantitative estimate of drug-likeness (QED) is 0.735. The molecule has 1 fully saturated rings. The van der Waals surface area contributed by atoms with Crippen LogP contribution in [0.15, 0.2) is 11.8 Å². The van der Waals surface area contributed by atoms with Crippen LogP contribution in [0.4, 0.5) is 0 Å². The Labute approximate surface area is 101 Å². The van der Waals surface area contributed by atoms with Crippen molar-refractivity contribution >= 4 is 0 Å². The smallest absolute Gasteiger partial charge is 0.0258 e. The predicted molar refractivity (Wildman–Crippen MR) is 70.3 cm³/mol. The molecule has 1 saturated carbocycles. The summed E-state index contributed by atoms with van der Waals surface area (Å²) in [6, 6.07) is 0.765. The molecule has 1 N–H and O–H groups in total. The maximum Gasteiger partial charge on any atom is 0.0258 e. The van der Waals surface area contributed by atoms with E-state index in [4.69, 9.17) is 0 Å². The van der Waals surface area contributed by atoms with Crippen LogP contribution in [0.1, 0.15) is 65.7 Å².